The van der Waals surface area contributed by atoms with Gasteiger partial charge in [0, 0.05) is 55.2 Å². The van der Waals surface area contributed by atoms with Gasteiger partial charge in [-0.15, -0.1) is 0 Å². The van der Waals surface area contributed by atoms with Gasteiger partial charge in [-0.3, -0.25) is 9.69 Å². The van der Waals surface area contributed by atoms with Crippen molar-refractivity contribution in [3.63, 3.8) is 0 Å². The van der Waals surface area contributed by atoms with Crippen LogP contribution >= 0.6 is 11.6 Å². The molecule has 3 aromatic carbocycles. The number of piperazine rings is 1. The van der Waals surface area contributed by atoms with E-state index in [4.69, 9.17) is 11.6 Å². The molecule has 5 rings (SSSR count). The Balaban J connectivity index is 1.30. The Bertz CT molecular complexity index is 1410. The highest BCUT2D eigenvalue weighted by Gasteiger charge is 2.30. The van der Waals surface area contributed by atoms with Gasteiger partial charge in [0.25, 0.3) is 5.91 Å². The van der Waals surface area contributed by atoms with Gasteiger partial charge in [-0.2, -0.15) is 13.2 Å². The van der Waals surface area contributed by atoms with Gasteiger partial charge in [0.1, 0.15) is 11.5 Å². The highest BCUT2D eigenvalue weighted by Crippen LogP contribution is 2.29. The second-order valence-corrected chi connectivity index (χ2v) is 9.64. The lowest BCUT2D eigenvalue weighted by molar-refractivity contribution is -0.137. The number of benzene rings is 3. The molecule has 0 spiro atoms. The third-order valence-electron chi connectivity index (χ3n) is 6.68. The molecule has 1 saturated heterocycles. The quantitative estimate of drug-likeness (QED) is 0.278. The predicted molar refractivity (Wildman–Crippen MR) is 135 cm³/mol. The van der Waals surface area contributed by atoms with E-state index in [1.54, 1.807) is 23.1 Å². The van der Waals surface area contributed by atoms with Crippen LogP contribution in [0.5, 0.6) is 0 Å². The van der Waals surface area contributed by atoms with Crippen LogP contribution < -0.4 is 0 Å². The van der Waals surface area contributed by atoms with E-state index >= 15 is 0 Å². The Kier molecular flexibility index (Phi) is 6.96. The van der Waals surface area contributed by atoms with E-state index in [9.17, 15) is 22.4 Å². The van der Waals surface area contributed by atoms with Crippen molar-refractivity contribution in [2.24, 2.45) is 0 Å². The fraction of sp³-hybridized carbons (Fsp3) is 0.250. The lowest BCUT2D eigenvalue weighted by Gasteiger charge is -2.35. The molecule has 0 atom stereocenters. The SMILES string of the molecule is O=C(c1cc2cc(Cl)ccc2n1Cc1ccc(F)cc1)N1CCN(Cc2ccc(C(F)(F)F)cc2)CC1. The molecule has 4 nitrogen and oxygen atoms in total. The minimum absolute atomic E-state index is 0.108. The zero-order chi connectivity index (χ0) is 26.2. The van der Waals surface area contributed by atoms with Gasteiger partial charge in [0.05, 0.1) is 5.56 Å². The van der Waals surface area contributed by atoms with Gasteiger partial charge < -0.3 is 9.47 Å². The minimum atomic E-state index is -4.35. The van der Waals surface area contributed by atoms with E-state index < -0.39 is 11.7 Å². The molecule has 1 amide bonds. The maximum Gasteiger partial charge on any atom is 0.416 e. The van der Waals surface area contributed by atoms with Gasteiger partial charge in [-0.05, 0) is 59.7 Å². The molecular weight excluding hydrogens is 506 g/mol. The van der Waals surface area contributed by atoms with Crippen LogP contribution in [0.4, 0.5) is 17.6 Å². The van der Waals surface area contributed by atoms with E-state index in [0.717, 1.165) is 34.2 Å². The van der Waals surface area contributed by atoms with E-state index in [2.05, 4.69) is 4.90 Å². The van der Waals surface area contributed by atoms with Crippen molar-refractivity contribution in [3.05, 3.63) is 106 Å². The van der Waals surface area contributed by atoms with E-state index in [1.165, 1.54) is 24.3 Å². The third-order valence-corrected chi connectivity index (χ3v) is 6.92. The van der Waals surface area contributed by atoms with Crippen molar-refractivity contribution in [3.8, 4) is 0 Å². The highest BCUT2D eigenvalue weighted by molar-refractivity contribution is 6.31. The van der Waals surface area contributed by atoms with Gasteiger partial charge in [0.2, 0.25) is 0 Å². The van der Waals surface area contributed by atoms with Crippen LogP contribution in [0.1, 0.15) is 27.2 Å². The van der Waals surface area contributed by atoms with Crippen molar-refractivity contribution >= 4 is 28.4 Å². The summed E-state index contributed by atoms with van der Waals surface area (Å²) in [5, 5.41) is 1.42. The standard InChI is InChI=1S/C28H24ClF4N3O/c29-23-7-10-25-21(15-23)16-26(36(25)18-20-3-8-24(30)9-4-20)27(37)35-13-11-34(12-14-35)17-19-1-5-22(6-2-19)28(31,32)33/h1-10,15-16H,11-14,17-18H2. The number of halogens is 5. The van der Waals surface area contributed by atoms with Crippen LogP contribution in [-0.2, 0) is 19.3 Å². The summed E-state index contributed by atoms with van der Waals surface area (Å²) in [7, 11) is 0. The van der Waals surface area contributed by atoms with Crippen LogP contribution in [0, 0.1) is 5.82 Å². The van der Waals surface area contributed by atoms with E-state index in [1.807, 2.05) is 22.8 Å². The van der Waals surface area contributed by atoms with Crippen LogP contribution in [0.2, 0.25) is 5.02 Å². The third kappa shape index (κ3) is 5.65. The molecule has 1 fully saturated rings. The molecule has 37 heavy (non-hydrogen) atoms. The zero-order valence-electron chi connectivity index (χ0n) is 19.8. The Morgan fingerprint density at radius 2 is 1.43 bits per heavy atom. The predicted octanol–water partition coefficient (Wildman–Crippen LogP) is 6.46. The Hall–Kier alpha value is -3.36. The maximum atomic E-state index is 13.6. The molecule has 1 aromatic heterocycles. The Morgan fingerprint density at radius 1 is 0.811 bits per heavy atom. The molecular formula is C28H24ClF4N3O. The lowest BCUT2D eigenvalue weighted by Crippen LogP contribution is -2.48. The number of amides is 1. The summed E-state index contributed by atoms with van der Waals surface area (Å²) in [5.41, 5.74) is 2.38. The Morgan fingerprint density at radius 3 is 2.08 bits per heavy atom. The normalized spacial score (nSPS) is 14.9. The van der Waals surface area contributed by atoms with Crippen LogP contribution in [-0.4, -0.2) is 46.5 Å². The molecule has 0 unspecified atom stereocenters. The second kappa shape index (κ2) is 10.2. The first-order valence-electron chi connectivity index (χ1n) is 11.9. The fourth-order valence-corrected chi connectivity index (χ4v) is 4.87. The van der Waals surface area contributed by atoms with E-state index in [-0.39, 0.29) is 11.7 Å². The van der Waals surface area contributed by atoms with Gasteiger partial charge in [-0.25, -0.2) is 4.39 Å². The summed E-state index contributed by atoms with van der Waals surface area (Å²) >= 11 is 6.19. The highest BCUT2D eigenvalue weighted by atomic mass is 35.5. The van der Waals surface area contributed by atoms with Gasteiger partial charge >= 0.3 is 6.18 Å². The molecule has 0 radical (unpaired) electrons. The summed E-state index contributed by atoms with van der Waals surface area (Å²) in [6, 6.07) is 18.7. The first kappa shape index (κ1) is 25.3. The number of aromatic nitrogens is 1. The van der Waals surface area contributed by atoms with E-state index in [0.29, 0.717) is 50.0 Å². The number of carbonyl (C=O) groups is 1. The summed E-state index contributed by atoms with van der Waals surface area (Å²) in [6.07, 6.45) is -4.35. The van der Waals surface area contributed by atoms with Crippen LogP contribution in [0.3, 0.4) is 0 Å². The Labute approximate surface area is 216 Å². The summed E-state index contributed by atoms with van der Waals surface area (Å²) < 4.78 is 53.8. The largest absolute Gasteiger partial charge is 0.416 e. The lowest BCUT2D eigenvalue weighted by atomic mass is 10.1. The van der Waals surface area contributed by atoms with Crippen molar-refractivity contribution in [2.75, 3.05) is 26.2 Å². The number of rotatable bonds is 5. The first-order valence-corrected chi connectivity index (χ1v) is 12.3. The maximum absolute atomic E-state index is 13.6. The van der Waals surface area contributed by atoms with Gasteiger partial charge in [-0.1, -0.05) is 35.9 Å². The molecule has 4 aromatic rings. The molecule has 0 N–H and O–H groups in total. The van der Waals surface area contributed by atoms with Crippen LogP contribution in [0.25, 0.3) is 10.9 Å². The topological polar surface area (TPSA) is 28.5 Å². The number of alkyl halides is 3. The molecule has 9 heteroatoms. The molecule has 0 aliphatic carbocycles. The smallest absolute Gasteiger partial charge is 0.335 e. The molecule has 192 valence electrons. The van der Waals surface area contributed by atoms with Crippen molar-refractivity contribution < 1.29 is 22.4 Å². The first-order chi connectivity index (χ1) is 17.7. The number of fused-ring (bicyclic) bond motifs is 1. The zero-order valence-corrected chi connectivity index (χ0v) is 20.6. The number of carbonyl (C=O) groups excluding carboxylic acids is 1. The summed E-state index contributed by atoms with van der Waals surface area (Å²) in [5.74, 6) is -0.429. The molecule has 1 aliphatic heterocycles. The minimum Gasteiger partial charge on any atom is -0.335 e. The average Bonchev–Trinajstić information content (AvgIpc) is 3.22. The molecule has 2 heterocycles. The molecule has 1 aliphatic rings. The van der Waals surface area contributed by atoms with Crippen molar-refractivity contribution in [1.29, 1.82) is 0 Å². The van der Waals surface area contributed by atoms with Crippen molar-refractivity contribution in [1.82, 2.24) is 14.4 Å². The van der Waals surface area contributed by atoms with Crippen molar-refractivity contribution in [2.45, 2.75) is 19.3 Å². The molecule has 0 bridgehead atoms. The average molecular weight is 530 g/mol. The number of hydrogen-bond donors (Lipinski definition) is 0. The summed E-state index contributed by atoms with van der Waals surface area (Å²) in [4.78, 5) is 17.5. The van der Waals surface area contributed by atoms with Gasteiger partial charge in [0.15, 0.2) is 0 Å². The fourth-order valence-electron chi connectivity index (χ4n) is 4.69. The monoisotopic (exact) mass is 529 g/mol. The second-order valence-electron chi connectivity index (χ2n) is 9.21. The number of hydrogen-bond acceptors (Lipinski definition) is 2. The molecule has 0 saturated carbocycles. The van der Waals surface area contributed by atoms with Crippen LogP contribution in [0.15, 0.2) is 72.8 Å². The number of nitrogens with zero attached hydrogens (tertiary/aromatic N) is 3. The summed E-state index contributed by atoms with van der Waals surface area (Å²) in [6.45, 7) is 3.13.